The summed E-state index contributed by atoms with van der Waals surface area (Å²) in [5.41, 5.74) is 0.627. The van der Waals surface area contributed by atoms with Crippen LogP contribution >= 0.6 is 0 Å². The van der Waals surface area contributed by atoms with Gasteiger partial charge in [-0.25, -0.2) is 8.78 Å². The first-order chi connectivity index (χ1) is 8.11. The van der Waals surface area contributed by atoms with Gasteiger partial charge >= 0.3 is 0 Å². The number of hydrogen-bond acceptors (Lipinski definition) is 1. The normalized spacial score (nSPS) is 12.5. The number of unbranched alkanes of at least 4 members (excludes halogenated alkanes) is 1. The van der Waals surface area contributed by atoms with E-state index in [1.165, 1.54) is 12.1 Å². The van der Waals surface area contributed by atoms with Crippen LogP contribution in [0.1, 0.15) is 36.4 Å². The molecule has 0 aliphatic carbocycles. The molecule has 0 radical (unpaired) electrons. The first kappa shape index (κ1) is 13.8. The van der Waals surface area contributed by atoms with Crippen molar-refractivity contribution in [3.05, 3.63) is 47.5 Å². The van der Waals surface area contributed by atoms with Crippen LogP contribution in [0.2, 0.25) is 0 Å². The Labute approximate surface area is 102 Å². The van der Waals surface area contributed by atoms with Gasteiger partial charge in [-0.05, 0) is 44.9 Å². The van der Waals surface area contributed by atoms with Crippen LogP contribution in [0, 0.1) is 18.6 Å². The molecule has 0 aliphatic rings. The van der Waals surface area contributed by atoms with Crippen LogP contribution in [0.4, 0.5) is 8.78 Å². The molecule has 1 rings (SSSR count). The Morgan fingerprint density at radius 1 is 1.41 bits per heavy atom. The zero-order valence-corrected chi connectivity index (χ0v) is 10.4. The summed E-state index contributed by atoms with van der Waals surface area (Å²) in [5, 5.41) is 2.97. The fraction of sp³-hybridized carbons (Fsp3) is 0.429. The maximum Gasteiger partial charge on any atom is 0.133 e. The van der Waals surface area contributed by atoms with E-state index in [2.05, 4.69) is 11.9 Å². The topological polar surface area (TPSA) is 12.0 Å². The number of halogens is 2. The molecule has 0 saturated carbocycles. The highest BCUT2D eigenvalue weighted by Crippen LogP contribution is 2.26. The standard InChI is InChI=1S/C14H19F2N/c1-4-5-6-7-12(17-3)13-11(15)9-8-10(2)14(13)16/h4,8-9,12,17H,1,5-7H2,2-3H3. The Balaban J connectivity index is 2.94. The summed E-state index contributed by atoms with van der Waals surface area (Å²) in [5.74, 6) is -0.922. The Kier molecular flexibility index (Phi) is 5.29. The van der Waals surface area contributed by atoms with Crippen LogP contribution < -0.4 is 5.32 Å². The molecule has 1 nitrogen and oxygen atoms in total. The van der Waals surface area contributed by atoms with Gasteiger partial charge in [0.25, 0.3) is 0 Å². The molecule has 0 spiro atoms. The maximum absolute atomic E-state index is 13.9. The predicted molar refractivity (Wildman–Crippen MR) is 66.9 cm³/mol. The van der Waals surface area contributed by atoms with Crippen LogP contribution in [0.3, 0.4) is 0 Å². The molecule has 17 heavy (non-hydrogen) atoms. The molecule has 0 fully saturated rings. The third-order valence-electron chi connectivity index (χ3n) is 2.92. The average molecular weight is 239 g/mol. The van der Waals surface area contributed by atoms with E-state index in [1.54, 1.807) is 14.0 Å². The molecule has 0 amide bonds. The van der Waals surface area contributed by atoms with E-state index < -0.39 is 11.6 Å². The minimum Gasteiger partial charge on any atom is -0.313 e. The van der Waals surface area contributed by atoms with Gasteiger partial charge in [0.15, 0.2) is 0 Å². The minimum absolute atomic E-state index is 0.150. The van der Waals surface area contributed by atoms with Crippen molar-refractivity contribution in [2.75, 3.05) is 7.05 Å². The van der Waals surface area contributed by atoms with Gasteiger partial charge in [-0.15, -0.1) is 6.58 Å². The monoisotopic (exact) mass is 239 g/mol. The zero-order chi connectivity index (χ0) is 12.8. The summed E-state index contributed by atoms with van der Waals surface area (Å²) in [7, 11) is 1.72. The van der Waals surface area contributed by atoms with Crippen LogP contribution in [0.5, 0.6) is 0 Å². The number of rotatable bonds is 6. The average Bonchev–Trinajstić information content (AvgIpc) is 2.32. The van der Waals surface area contributed by atoms with Gasteiger partial charge in [0.2, 0.25) is 0 Å². The van der Waals surface area contributed by atoms with Gasteiger partial charge < -0.3 is 5.32 Å². The van der Waals surface area contributed by atoms with Gasteiger partial charge in [-0.3, -0.25) is 0 Å². The highest BCUT2D eigenvalue weighted by Gasteiger charge is 2.19. The Bertz CT molecular complexity index is 388. The van der Waals surface area contributed by atoms with Crippen molar-refractivity contribution in [2.45, 2.75) is 32.2 Å². The van der Waals surface area contributed by atoms with E-state index in [4.69, 9.17) is 0 Å². The highest BCUT2D eigenvalue weighted by atomic mass is 19.1. The second kappa shape index (κ2) is 6.50. The fourth-order valence-corrected chi connectivity index (χ4v) is 1.90. The van der Waals surface area contributed by atoms with Gasteiger partial charge in [0.1, 0.15) is 11.6 Å². The van der Waals surface area contributed by atoms with Gasteiger partial charge in [0.05, 0.1) is 0 Å². The van der Waals surface area contributed by atoms with Crippen molar-refractivity contribution in [1.82, 2.24) is 5.32 Å². The second-order valence-electron chi connectivity index (χ2n) is 4.15. The molecule has 1 aromatic rings. The summed E-state index contributed by atoms with van der Waals surface area (Å²) < 4.78 is 27.6. The number of nitrogens with one attached hydrogen (secondary N) is 1. The number of allylic oxidation sites excluding steroid dienone is 1. The lowest BCUT2D eigenvalue weighted by atomic mass is 9.98. The third-order valence-corrected chi connectivity index (χ3v) is 2.92. The van der Waals surface area contributed by atoms with Crippen molar-refractivity contribution in [1.29, 1.82) is 0 Å². The van der Waals surface area contributed by atoms with Gasteiger partial charge in [0, 0.05) is 11.6 Å². The third kappa shape index (κ3) is 3.37. The smallest absolute Gasteiger partial charge is 0.133 e. The molecule has 0 aliphatic heterocycles. The number of aryl methyl sites for hydroxylation is 1. The summed E-state index contributed by atoms with van der Waals surface area (Å²) in [6, 6.07) is 2.51. The van der Waals surface area contributed by atoms with Crippen LogP contribution in [-0.4, -0.2) is 7.05 Å². The number of hydrogen-bond donors (Lipinski definition) is 1. The van der Waals surface area contributed by atoms with E-state index in [0.717, 1.165) is 12.8 Å². The molecular formula is C14H19F2N. The van der Waals surface area contributed by atoms with Crippen LogP contribution in [-0.2, 0) is 0 Å². The fourth-order valence-electron chi connectivity index (χ4n) is 1.90. The summed E-state index contributed by atoms with van der Waals surface area (Å²) in [6.45, 7) is 5.28. The predicted octanol–water partition coefficient (Wildman–Crippen LogP) is 3.89. The van der Waals surface area contributed by atoms with Crippen LogP contribution in [0.15, 0.2) is 24.8 Å². The Hall–Kier alpha value is -1.22. The van der Waals surface area contributed by atoms with Crippen molar-refractivity contribution < 1.29 is 8.78 Å². The molecule has 0 bridgehead atoms. The van der Waals surface area contributed by atoms with Crippen molar-refractivity contribution in [3.8, 4) is 0 Å². The minimum atomic E-state index is -0.481. The van der Waals surface area contributed by atoms with Gasteiger partial charge in [-0.1, -0.05) is 12.1 Å². The number of benzene rings is 1. The lowest BCUT2D eigenvalue weighted by molar-refractivity contribution is 0.461. The molecule has 0 aromatic heterocycles. The van der Waals surface area contributed by atoms with Crippen molar-refractivity contribution >= 4 is 0 Å². The molecule has 1 aromatic carbocycles. The molecular weight excluding hydrogens is 220 g/mol. The SMILES string of the molecule is C=CCCCC(NC)c1c(F)ccc(C)c1F. The lowest BCUT2D eigenvalue weighted by Gasteiger charge is -2.18. The van der Waals surface area contributed by atoms with E-state index >= 15 is 0 Å². The second-order valence-corrected chi connectivity index (χ2v) is 4.15. The van der Waals surface area contributed by atoms with Gasteiger partial charge in [-0.2, -0.15) is 0 Å². The van der Waals surface area contributed by atoms with E-state index in [-0.39, 0.29) is 11.6 Å². The van der Waals surface area contributed by atoms with E-state index in [9.17, 15) is 8.78 Å². The molecule has 1 atom stereocenters. The zero-order valence-electron chi connectivity index (χ0n) is 10.4. The van der Waals surface area contributed by atoms with E-state index in [1.807, 2.05) is 6.08 Å². The quantitative estimate of drug-likeness (QED) is 0.586. The van der Waals surface area contributed by atoms with Crippen molar-refractivity contribution in [2.24, 2.45) is 0 Å². The molecule has 1 unspecified atom stereocenters. The first-order valence-electron chi connectivity index (χ1n) is 5.84. The Morgan fingerprint density at radius 2 is 2.12 bits per heavy atom. The van der Waals surface area contributed by atoms with Crippen molar-refractivity contribution in [3.63, 3.8) is 0 Å². The maximum atomic E-state index is 13.9. The highest BCUT2D eigenvalue weighted by molar-refractivity contribution is 5.29. The summed E-state index contributed by atoms with van der Waals surface area (Å²) >= 11 is 0. The molecule has 0 heterocycles. The molecule has 3 heteroatoms. The summed E-state index contributed by atoms with van der Waals surface area (Å²) in [4.78, 5) is 0. The largest absolute Gasteiger partial charge is 0.313 e. The van der Waals surface area contributed by atoms with Crippen LogP contribution in [0.25, 0.3) is 0 Å². The van der Waals surface area contributed by atoms with E-state index in [0.29, 0.717) is 12.0 Å². The molecule has 1 N–H and O–H groups in total. The Morgan fingerprint density at radius 3 is 2.71 bits per heavy atom. The lowest BCUT2D eigenvalue weighted by Crippen LogP contribution is -2.19. The first-order valence-corrected chi connectivity index (χ1v) is 5.84. The molecule has 94 valence electrons. The molecule has 0 saturated heterocycles. The summed E-state index contributed by atoms with van der Waals surface area (Å²) in [6.07, 6.45) is 4.23.